The predicted molar refractivity (Wildman–Crippen MR) is 64.0 cm³/mol. The topological polar surface area (TPSA) is 12.0 Å². The first-order valence-corrected chi connectivity index (χ1v) is 5.16. The van der Waals surface area contributed by atoms with Crippen LogP contribution in [0.25, 0.3) is 6.08 Å². The predicted octanol–water partition coefficient (Wildman–Crippen LogP) is 3.62. The Hall–Kier alpha value is -0.500. The van der Waals surface area contributed by atoms with Gasteiger partial charge >= 0.3 is 0 Å². The Bertz CT molecular complexity index is 345. The van der Waals surface area contributed by atoms with Gasteiger partial charge in [-0.2, -0.15) is 0 Å². The van der Waals surface area contributed by atoms with Crippen LogP contribution >= 0.6 is 23.2 Å². The van der Waals surface area contributed by atoms with E-state index in [1.807, 2.05) is 32.2 Å². The van der Waals surface area contributed by atoms with E-state index in [0.717, 1.165) is 17.1 Å². The van der Waals surface area contributed by atoms with Gasteiger partial charge in [-0.3, -0.25) is 0 Å². The molecule has 0 heterocycles. The van der Waals surface area contributed by atoms with Gasteiger partial charge in [-0.25, -0.2) is 0 Å². The van der Waals surface area contributed by atoms with E-state index in [0.29, 0.717) is 5.02 Å². The second-order valence-corrected chi connectivity index (χ2v) is 4.03. The molecule has 0 aromatic heterocycles. The SMILES string of the molecule is CNC/C(C)=C/c1cc(Cl)ccc1Cl. The van der Waals surface area contributed by atoms with Gasteiger partial charge in [-0.1, -0.05) is 34.9 Å². The van der Waals surface area contributed by atoms with E-state index in [1.165, 1.54) is 5.57 Å². The maximum absolute atomic E-state index is 6.02. The molecule has 0 atom stereocenters. The molecule has 0 radical (unpaired) electrons. The van der Waals surface area contributed by atoms with Crippen molar-refractivity contribution in [2.75, 3.05) is 13.6 Å². The molecule has 0 aliphatic carbocycles. The highest BCUT2D eigenvalue weighted by atomic mass is 35.5. The van der Waals surface area contributed by atoms with Crippen molar-refractivity contribution in [3.05, 3.63) is 39.4 Å². The van der Waals surface area contributed by atoms with E-state index in [9.17, 15) is 0 Å². The van der Waals surface area contributed by atoms with Crippen LogP contribution in [-0.4, -0.2) is 13.6 Å². The summed E-state index contributed by atoms with van der Waals surface area (Å²) in [6, 6.07) is 5.46. The van der Waals surface area contributed by atoms with Gasteiger partial charge in [0, 0.05) is 16.6 Å². The van der Waals surface area contributed by atoms with Gasteiger partial charge in [0.1, 0.15) is 0 Å². The lowest BCUT2D eigenvalue weighted by Crippen LogP contribution is -2.08. The fourth-order valence-electron chi connectivity index (χ4n) is 1.22. The summed E-state index contributed by atoms with van der Waals surface area (Å²) in [5.41, 5.74) is 2.18. The molecule has 1 rings (SSSR count). The van der Waals surface area contributed by atoms with Crippen molar-refractivity contribution in [3.63, 3.8) is 0 Å². The van der Waals surface area contributed by atoms with Crippen LogP contribution in [0.1, 0.15) is 12.5 Å². The van der Waals surface area contributed by atoms with Gasteiger partial charge < -0.3 is 5.32 Å². The Morgan fingerprint density at radius 3 is 2.79 bits per heavy atom. The highest BCUT2D eigenvalue weighted by molar-refractivity contribution is 6.34. The van der Waals surface area contributed by atoms with Crippen LogP contribution in [0, 0.1) is 0 Å². The molecular weight excluding hydrogens is 217 g/mol. The Morgan fingerprint density at radius 2 is 2.14 bits per heavy atom. The third-order valence-electron chi connectivity index (χ3n) is 1.82. The van der Waals surface area contributed by atoms with Gasteiger partial charge in [0.15, 0.2) is 0 Å². The van der Waals surface area contributed by atoms with Gasteiger partial charge in [-0.05, 0) is 37.7 Å². The first-order valence-electron chi connectivity index (χ1n) is 4.40. The summed E-state index contributed by atoms with van der Waals surface area (Å²) in [5.74, 6) is 0. The molecule has 14 heavy (non-hydrogen) atoms. The number of halogens is 2. The molecule has 0 saturated carbocycles. The summed E-state index contributed by atoms with van der Waals surface area (Å²) < 4.78 is 0. The Morgan fingerprint density at radius 1 is 1.43 bits per heavy atom. The molecule has 1 nitrogen and oxygen atoms in total. The van der Waals surface area contributed by atoms with Crippen molar-refractivity contribution in [1.82, 2.24) is 5.32 Å². The van der Waals surface area contributed by atoms with Crippen LogP contribution in [0.3, 0.4) is 0 Å². The summed E-state index contributed by atoms with van der Waals surface area (Å²) in [4.78, 5) is 0. The maximum Gasteiger partial charge on any atom is 0.0479 e. The second-order valence-electron chi connectivity index (χ2n) is 3.19. The smallest absolute Gasteiger partial charge is 0.0479 e. The molecule has 76 valence electrons. The van der Waals surface area contributed by atoms with E-state index in [-0.39, 0.29) is 0 Å². The Balaban J connectivity index is 2.95. The summed E-state index contributed by atoms with van der Waals surface area (Å²) in [6.45, 7) is 2.90. The third-order valence-corrected chi connectivity index (χ3v) is 2.39. The average Bonchev–Trinajstić information content (AvgIpc) is 2.12. The van der Waals surface area contributed by atoms with Crippen molar-refractivity contribution in [2.24, 2.45) is 0 Å². The third kappa shape index (κ3) is 3.33. The number of nitrogens with one attached hydrogen (secondary N) is 1. The van der Waals surface area contributed by atoms with Crippen molar-refractivity contribution in [3.8, 4) is 0 Å². The fraction of sp³-hybridized carbons (Fsp3) is 0.273. The van der Waals surface area contributed by atoms with Crippen LogP contribution in [0.5, 0.6) is 0 Å². The summed E-state index contributed by atoms with van der Waals surface area (Å²) >= 11 is 11.9. The highest BCUT2D eigenvalue weighted by Crippen LogP contribution is 2.22. The maximum atomic E-state index is 6.02. The summed E-state index contributed by atoms with van der Waals surface area (Å²) in [5, 5.41) is 4.51. The Labute approximate surface area is 94.7 Å². The number of rotatable bonds is 3. The average molecular weight is 230 g/mol. The lowest BCUT2D eigenvalue weighted by atomic mass is 10.1. The van der Waals surface area contributed by atoms with Gasteiger partial charge in [0.05, 0.1) is 0 Å². The van der Waals surface area contributed by atoms with E-state index >= 15 is 0 Å². The van der Waals surface area contributed by atoms with Crippen LogP contribution in [0.15, 0.2) is 23.8 Å². The number of likely N-dealkylation sites (N-methyl/N-ethyl adjacent to an activating group) is 1. The van der Waals surface area contributed by atoms with E-state index in [1.54, 1.807) is 6.07 Å². The normalized spacial score (nSPS) is 11.9. The molecule has 0 saturated heterocycles. The van der Waals surface area contributed by atoms with Gasteiger partial charge in [0.25, 0.3) is 0 Å². The lowest BCUT2D eigenvalue weighted by molar-refractivity contribution is 0.884. The minimum absolute atomic E-state index is 0.706. The molecule has 1 N–H and O–H groups in total. The molecule has 0 fully saturated rings. The first-order chi connectivity index (χ1) is 6.63. The molecule has 0 amide bonds. The molecule has 0 unspecified atom stereocenters. The van der Waals surface area contributed by atoms with Crippen LogP contribution < -0.4 is 5.32 Å². The van der Waals surface area contributed by atoms with Gasteiger partial charge in [-0.15, -0.1) is 0 Å². The molecule has 3 heteroatoms. The minimum Gasteiger partial charge on any atom is -0.316 e. The summed E-state index contributed by atoms with van der Waals surface area (Å²) in [7, 11) is 1.91. The molecule has 1 aromatic rings. The largest absolute Gasteiger partial charge is 0.316 e. The van der Waals surface area contributed by atoms with Crippen molar-refractivity contribution in [1.29, 1.82) is 0 Å². The molecular formula is C11H13Cl2N. The van der Waals surface area contributed by atoms with Crippen molar-refractivity contribution >= 4 is 29.3 Å². The van der Waals surface area contributed by atoms with E-state index < -0.39 is 0 Å². The zero-order valence-electron chi connectivity index (χ0n) is 8.27. The quantitative estimate of drug-likeness (QED) is 0.836. The van der Waals surface area contributed by atoms with Crippen LogP contribution in [-0.2, 0) is 0 Å². The molecule has 0 spiro atoms. The molecule has 0 aliphatic heterocycles. The minimum atomic E-state index is 0.706. The van der Waals surface area contributed by atoms with Crippen LogP contribution in [0.2, 0.25) is 10.0 Å². The van der Waals surface area contributed by atoms with Crippen LogP contribution in [0.4, 0.5) is 0 Å². The van der Waals surface area contributed by atoms with E-state index in [4.69, 9.17) is 23.2 Å². The van der Waals surface area contributed by atoms with Crippen molar-refractivity contribution in [2.45, 2.75) is 6.92 Å². The van der Waals surface area contributed by atoms with E-state index in [2.05, 4.69) is 5.32 Å². The van der Waals surface area contributed by atoms with Crippen molar-refractivity contribution < 1.29 is 0 Å². The molecule has 0 aliphatic rings. The second kappa shape index (κ2) is 5.40. The molecule has 1 aromatic carbocycles. The first kappa shape index (κ1) is 11.6. The standard InChI is InChI=1S/C11H13Cl2N/c1-8(7-14-2)5-9-6-10(12)3-4-11(9)13/h3-6,14H,7H2,1-2H3/b8-5+. The zero-order valence-corrected chi connectivity index (χ0v) is 9.78. The zero-order chi connectivity index (χ0) is 10.6. The fourth-order valence-corrected chi connectivity index (χ4v) is 1.57. The Kier molecular flexibility index (Phi) is 4.46. The number of hydrogen-bond donors (Lipinski definition) is 1. The van der Waals surface area contributed by atoms with Gasteiger partial charge in [0.2, 0.25) is 0 Å². The summed E-state index contributed by atoms with van der Waals surface area (Å²) in [6.07, 6.45) is 2.03. The number of benzene rings is 1. The monoisotopic (exact) mass is 229 g/mol. The molecule has 0 bridgehead atoms. The number of hydrogen-bond acceptors (Lipinski definition) is 1. The lowest BCUT2D eigenvalue weighted by Gasteiger charge is -2.02. The highest BCUT2D eigenvalue weighted by Gasteiger charge is 1.98.